The van der Waals surface area contributed by atoms with Crippen LogP contribution in [0.2, 0.25) is 0 Å². The molecule has 2 nitrogen and oxygen atoms in total. The Morgan fingerprint density at radius 3 is 2.40 bits per heavy atom. The SMILES string of the molecule is CC(c1cccc(CC(C)(C)C)c1)N1CCN(S)CC1. The van der Waals surface area contributed by atoms with Crippen molar-refractivity contribution in [3.05, 3.63) is 35.4 Å². The fraction of sp³-hybridized carbons (Fsp3) is 0.647. The highest BCUT2D eigenvalue weighted by molar-refractivity contribution is 7.77. The molecule has 1 aliphatic rings. The molecular weight excluding hydrogens is 264 g/mol. The fourth-order valence-electron chi connectivity index (χ4n) is 2.88. The number of thiol groups is 1. The quantitative estimate of drug-likeness (QED) is 0.847. The average molecular weight is 292 g/mol. The smallest absolute Gasteiger partial charge is 0.0321 e. The summed E-state index contributed by atoms with van der Waals surface area (Å²) >= 11 is 4.43. The first-order chi connectivity index (χ1) is 9.35. The summed E-state index contributed by atoms with van der Waals surface area (Å²) in [5.41, 5.74) is 3.24. The van der Waals surface area contributed by atoms with Gasteiger partial charge in [-0.05, 0) is 29.9 Å². The molecular formula is C17H28N2S. The van der Waals surface area contributed by atoms with Gasteiger partial charge >= 0.3 is 0 Å². The van der Waals surface area contributed by atoms with Crippen LogP contribution in [0.25, 0.3) is 0 Å². The predicted molar refractivity (Wildman–Crippen MR) is 90.1 cm³/mol. The van der Waals surface area contributed by atoms with Crippen molar-refractivity contribution < 1.29 is 0 Å². The largest absolute Gasteiger partial charge is 0.294 e. The fourth-order valence-corrected chi connectivity index (χ4v) is 3.06. The zero-order valence-corrected chi connectivity index (χ0v) is 14.2. The highest BCUT2D eigenvalue weighted by Crippen LogP contribution is 2.26. The van der Waals surface area contributed by atoms with Crippen LogP contribution in [0.3, 0.4) is 0 Å². The van der Waals surface area contributed by atoms with Gasteiger partial charge in [-0.25, -0.2) is 0 Å². The third-order valence-corrected chi connectivity index (χ3v) is 4.41. The van der Waals surface area contributed by atoms with E-state index < -0.39 is 0 Å². The minimum absolute atomic E-state index is 0.347. The van der Waals surface area contributed by atoms with Gasteiger partial charge in [-0.15, -0.1) is 0 Å². The summed E-state index contributed by atoms with van der Waals surface area (Å²) < 4.78 is 2.11. The van der Waals surface area contributed by atoms with Gasteiger partial charge in [0.15, 0.2) is 0 Å². The van der Waals surface area contributed by atoms with Crippen LogP contribution in [0.1, 0.15) is 44.9 Å². The first kappa shape index (κ1) is 15.9. The van der Waals surface area contributed by atoms with Crippen LogP contribution in [0.15, 0.2) is 24.3 Å². The van der Waals surface area contributed by atoms with Gasteiger partial charge < -0.3 is 0 Å². The Labute approximate surface area is 129 Å². The van der Waals surface area contributed by atoms with E-state index in [9.17, 15) is 0 Å². The predicted octanol–water partition coefficient (Wildman–Crippen LogP) is 3.80. The zero-order chi connectivity index (χ0) is 14.8. The lowest BCUT2D eigenvalue weighted by Crippen LogP contribution is -2.43. The first-order valence-electron chi connectivity index (χ1n) is 7.62. The highest BCUT2D eigenvalue weighted by Gasteiger charge is 2.21. The van der Waals surface area contributed by atoms with E-state index in [0.717, 1.165) is 32.6 Å². The van der Waals surface area contributed by atoms with Crippen molar-refractivity contribution >= 4 is 12.8 Å². The standard InChI is InChI=1S/C17H28N2S/c1-14(18-8-10-19(20)11-9-18)16-7-5-6-15(12-16)13-17(2,3)4/h5-7,12,14,20H,8-11,13H2,1-4H3. The van der Waals surface area contributed by atoms with E-state index in [2.05, 4.69) is 74.0 Å². The van der Waals surface area contributed by atoms with Crippen molar-refractivity contribution in [1.29, 1.82) is 0 Å². The van der Waals surface area contributed by atoms with Crippen molar-refractivity contribution in [1.82, 2.24) is 9.21 Å². The lowest BCUT2D eigenvalue weighted by molar-refractivity contribution is 0.152. The summed E-state index contributed by atoms with van der Waals surface area (Å²) in [4.78, 5) is 2.56. The average Bonchev–Trinajstić information content (AvgIpc) is 2.37. The molecule has 1 heterocycles. The summed E-state index contributed by atoms with van der Waals surface area (Å²) in [6.45, 7) is 13.5. The van der Waals surface area contributed by atoms with E-state index in [-0.39, 0.29) is 0 Å². The van der Waals surface area contributed by atoms with E-state index in [1.165, 1.54) is 11.1 Å². The molecule has 0 saturated carbocycles. The molecule has 0 aromatic heterocycles. The molecule has 112 valence electrons. The van der Waals surface area contributed by atoms with Crippen molar-refractivity contribution in [3.63, 3.8) is 0 Å². The maximum Gasteiger partial charge on any atom is 0.0321 e. The summed E-state index contributed by atoms with van der Waals surface area (Å²) in [5.74, 6) is 0. The van der Waals surface area contributed by atoms with Crippen molar-refractivity contribution in [2.75, 3.05) is 26.2 Å². The van der Waals surface area contributed by atoms with E-state index in [1.807, 2.05) is 0 Å². The summed E-state index contributed by atoms with van der Waals surface area (Å²) in [5, 5.41) is 0. The van der Waals surface area contributed by atoms with Crippen LogP contribution in [0.4, 0.5) is 0 Å². The molecule has 0 aliphatic carbocycles. The summed E-state index contributed by atoms with van der Waals surface area (Å²) in [7, 11) is 0. The molecule has 1 atom stereocenters. The highest BCUT2D eigenvalue weighted by atomic mass is 32.1. The van der Waals surface area contributed by atoms with Gasteiger partial charge in [0, 0.05) is 32.2 Å². The van der Waals surface area contributed by atoms with Crippen molar-refractivity contribution in [2.45, 2.75) is 40.2 Å². The molecule has 1 unspecified atom stereocenters. The second-order valence-electron chi connectivity index (χ2n) is 7.15. The van der Waals surface area contributed by atoms with Gasteiger partial charge in [-0.3, -0.25) is 9.21 Å². The van der Waals surface area contributed by atoms with E-state index in [0.29, 0.717) is 11.5 Å². The second-order valence-corrected chi connectivity index (χ2v) is 7.71. The first-order valence-corrected chi connectivity index (χ1v) is 8.02. The van der Waals surface area contributed by atoms with Crippen molar-refractivity contribution in [2.24, 2.45) is 5.41 Å². The molecule has 0 spiro atoms. The Hall–Kier alpha value is -0.510. The van der Waals surface area contributed by atoms with Gasteiger partial charge in [0.25, 0.3) is 0 Å². The molecule has 3 heteroatoms. The lowest BCUT2D eigenvalue weighted by Gasteiger charge is -2.36. The van der Waals surface area contributed by atoms with Gasteiger partial charge in [-0.2, -0.15) is 0 Å². The Kier molecular flexibility index (Phi) is 5.16. The number of hydrogen-bond donors (Lipinski definition) is 1. The molecule has 20 heavy (non-hydrogen) atoms. The maximum absolute atomic E-state index is 4.43. The zero-order valence-electron chi connectivity index (χ0n) is 13.3. The van der Waals surface area contributed by atoms with Gasteiger partial charge in [0.2, 0.25) is 0 Å². The van der Waals surface area contributed by atoms with Gasteiger partial charge in [0.05, 0.1) is 0 Å². The lowest BCUT2D eigenvalue weighted by atomic mass is 9.87. The van der Waals surface area contributed by atoms with E-state index in [4.69, 9.17) is 0 Å². The van der Waals surface area contributed by atoms with Crippen LogP contribution in [-0.2, 0) is 6.42 Å². The summed E-state index contributed by atoms with van der Waals surface area (Å²) in [6, 6.07) is 9.62. The number of piperazine rings is 1. The minimum Gasteiger partial charge on any atom is -0.294 e. The third kappa shape index (κ3) is 4.51. The Balaban J connectivity index is 2.06. The molecule has 2 rings (SSSR count). The molecule has 0 bridgehead atoms. The number of rotatable bonds is 3. The van der Waals surface area contributed by atoms with E-state index in [1.54, 1.807) is 0 Å². The number of hydrogen-bond acceptors (Lipinski definition) is 3. The van der Waals surface area contributed by atoms with Crippen LogP contribution in [-0.4, -0.2) is 35.4 Å². The minimum atomic E-state index is 0.347. The second kappa shape index (κ2) is 6.50. The molecule has 1 aromatic rings. The molecule has 0 radical (unpaired) electrons. The molecule has 1 fully saturated rings. The molecule has 0 N–H and O–H groups in total. The van der Waals surface area contributed by atoms with Crippen molar-refractivity contribution in [3.8, 4) is 0 Å². The normalized spacial score (nSPS) is 20.1. The van der Waals surface area contributed by atoms with Crippen LogP contribution in [0, 0.1) is 5.41 Å². The summed E-state index contributed by atoms with van der Waals surface area (Å²) in [6.07, 6.45) is 1.14. The Morgan fingerprint density at radius 2 is 1.80 bits per heavy atom. The monoisotopic (exact) mass is 292 g/mol. The maximum atomic E-state index is 4.43. The van der Waals surface area contributed by atoms with Gasteiger partial charge in [0.1, 0.15) is 0 Å². The van der Waals surface area contributed by atoms with Gasteiger partial charge in [-0.1, -0.05) is 57.9 Å². The van der Waals surface area contributed by atoms with Crippen LogP contribution >= 0.6 is 12.8 Å². The van der Waals surface area contributed by atoms with Crippen LogP contribution < -0.4 is 0 Å². The third-order valence-electron chi connectivity index (χ3n) is 4.01. The Morgan fingerprint density at radius 1 is 1.15 bits per heavy atom. The van der Waals surface area contributed by atoms with E-state index >= 15 is 0 Å². The number of nitrogens with zero attached hydrogens (tertiary/aromatic N) is 2. The molecule has 1 saturated heterocycles. The van der Waals surface area contributed by atoms with Crippen LogP contribution in [0.5, 0.6) is 0 Å². The molecule has 0 amide bonds. The molecule has 1 aromatic carbocycles. The Bertz CT molecular complexity index is 431. The number of benzene rings is 1. The molecule has 1 aliphatic heterocycles. The topological polar surface area (TPSA) is 6.48 Å².